The highest BCUT2D eigenvalue weighted by Gasteiger charge is 2.20. The van der Waals surface area contributed by atoms with Gasteiger partial charge in [0.05, 0.1) is 12.5 Å². The third-order valence-corrected chi connectivity index (χ3v) is 4.23. The lowest BCUT2D eigenvalue weighted by molar-refractivity contribution is -0.118. The summed E-state index contributed by atoms with van der Waals surface area (Å²) in [5.41, 5.74) is 0.800. The van der Waals surface area contributed by atoms with E-state index in [1.54, 1.807) is 6.92 Å². The molecule has 8 heteroatoms. The maximum atomic E-state index is 11.8. The minimum absolute atomic E-state index is 0.0782. The van der Waals surface area contributed by atoms with Gasteiger partial charge in [0.25, 0.3) is 0 Å². The Bertz CT molecular complexity index is 726. The van der Waals surface area contributed by atoms with Crippen LogP contribution in [0.5, 0.6) is 0 Å². The van der Waals surface area contributed by atoms with Gasteiger partial charge in [0.15, 0.2) is 0 Å². The molecule has 1 amide bonds. The highest BCUT2D eigenvalue weighted by atomic mass is 32.1. The van der Waals surface area contributed by atoms with Crippen LogP contribution in [-0.2, 0) is 9.53 Å². The summed E-state index contributed by atoms with van der Waals surface area (Å²) < 4.78 is 4.80. The van der Waals surface area contributed by atoms with Crippen molar-refractivity contribution in [1.29, 1.82) is 0 Å². The lowest BCUT2D eigenvalue weighted by Gasteiger charge is -2.08. The molecule has 0 fully saturated rings. The van der Waals surface area contributed by atoms with Crippen LogP contribution in [0.2, 0.25) is 0 Å². The van der Waals surface area contributed by atoms with Gasteiger partial charge in [0.1, 0.15) is 21.3 Å². The number of carbonyl (C=O) groups excluding carboxylic acids is 2. The number of hydrogen-bond acceptors (Lipinski definition) is 7. The largest absolute Gasteiger partial charge is 0.465 e. The summed E-state index contributed by atoms with van der Waals surface area (Å²) in [6, 6.07) is 0. The number of aromatic nitrogens is 2. The highest BCUT2D eigenvalue weighted by Crippen LogP contribution is 2.34. The van der Waals surface area contributed by atoms with Crippen LogP contribution in [0, 0.1) is 13.8 Å². The van der Waals surface area contributed by atoms with E-state index in [0.29, 0.717) is 29.6 Å². The van der Waals surface area contributed by atoms with E-state index in [1.807, 2.05) is 6.92 Å². The van der Waals surface area contributed by atoms with Crippen molar-refractivity contribution >= 4 is 39.2 Å². The van der Waals surface area contributed by atoms with Gasteiger partial charge in [-0.05, 0) is 19.4 Å². The van der Waals surface area contributed by atoms with Crippen molar-refractivity contribution in [3.05, 3.63) is 16.3 Å². The second-order valence-corrected chi connectivity index (χ2v) is 5.76. The molecule has 2 N–H and O–H groups in total. The average molecular weight is 322 g/mol. The van der Waals surface area contributed by atoms with E-state index in [2.05, 4.69) is 20.6 Å². The number of anilines is 1. The predicted molar refractivity (Wildman–Crippen MR) is 85.4 cm³/mol. The molecule has 2 rings (SSSR count). The Morgan fingerprint density at radius 1 is 1.23 bits per heavy atom. The standard InChI is InChI=1S/C14H18N4O3S/c1-7-10-12(16-6-5-15-9(3)19)17-8(2)18-13(10)22-11(7)14(20)21-4/h5-6H2,1-4H3,(H,15,19)(H,16,17,18). The first kappa shape index (κ1) is 16.2. The predicted octanol–water partition coefficient (Wildman–Crippen LogP) is 1.64. The molecule has 7 nitrogen and oxygen atoms in total. The van der Waals surface area contributed by atoms with Crippen molar-refractivity contribution in [2.24, 2.45) is 0 Å². The SMILES string of the molecule is COC(=O)c1sc2nc(C)nc(NCCNC(C)=O)c2c1C. The van der Waals surface area contributed by atoms with Gasteiger partial charge < -0.3 is 15.4 Å². The Balaban J connectivity index is 2.34. The van der Waals surface area contributed by atoms with Crippen LogP contribution in [0.3, 0.4) is 0 Å². The third-order valence-electron chi connectivity index (χ3n) is 3.06. The Hall–Kier alpha value is -2.22. The van der Waals surface area contributed by atoms with Gasteiger partial charge in [-0.25, -0.2) is 14.8 Å². The molecule has 0 aliphatic rings. The maximum Gasteiger partial charge on any atom is 0.348 e. The number of carbonyl (C=O) groups is 2. The van der Waals surface area contributed by atoms with E-state index < -0.39 is 0 Å². The van der Waals surface area contributed by atoms with Crippen molar-refractivity contribution < 1.29 is 14.3 Å². The highest BCUT2D eigenvalue weighted by molar-refractivity contribution is 7.20. The molecule has 2 aromatic heterocycles. The summed E-state index contributed by atoms with van der Waals surface area (Å²) in [7, 11) is 1.36. The van der Waals surface area contributed by atoms with Gasteiger partial charge in [-0.15, -0.1) is 11.3 Å². The van der Waals surface area contributed by atoms with Crippen molar-refractivity contribution in [3.8, 4) is 0 Å². The topological polar surface area (TPSA) is 93.2 Å². The van der Waals surface area contributed by atoms with Crippen LogP contribution in [0.1, 0.15) is 28.0 Å². The summed E-state index contributed by atoms with van der Waals surface area (Å²) in [6.45, 7) is 6.15. The minimum atomic E-state index is -0.373. The van der Waals surface area contributed by atoms with Gasteiger partial charge in [-0.2, -0.15) is 0 Å². The number of nitrogens with zero attached hydrogens (tertiary/aromatic N) is 2. The molecule has 0 unspecified atom stereocenters. The molecule has 0 saturated heterocycles. The zero-order chi connectivity index (χ0) is 16.3. The van der Waals surface area contributed by atoms with E-state index >= 15 is 0 Å². The number of aryl methyl sites for hydroxylation is 2. The van der Waals surface area contributed by atoms with Crippen LogP contribution in [0.4, 0.5) is 5.82 Å². The molecule has 0 aromatic carbocycles. The van der Waals surface area contributed by atoms with E-state index in [4.69, 9.17) is 4.74 Å². The molecule has 22 heavy (non-hydrogen) atoms. The molecular formula is C14H18N4O3S. The van der Waals surface area contributed by atoms with Crippen molar-refractivity contribution in [1.82, 2.24) is 15.3 Å². The zero-order valence-electron chi connectivity index (χ0n) is 12.9. The number of nitrogens with one attached hydrogen (secondary N) is 2. The van der Waals surface area contributed by atoms with Gasteiger partial charge in [-0.3, -0.25) is 4.79 Å². The number of fused-ring (bicyclic) bond motifs is 1. The molecule has 0 aliphatic heterocycles. The first-order valence-electron chi connectivity index (χ1n) is 6.78. The van der Waals surface area contributed by atoms with Gasteiger partial charge >= 0.3 is 5.97 Å². The molecule has 2 aromatic rings. The Labute approximate surface area is 132 Å². The molecule has 2 heterocycles. The molecule has 118 valence electrons. The van der Waals surface area contributed by atoms with E-state index in [1.165, 1.54) is 25.4 Å². The average Bonchev–Trinajstić information content (AvgIpc) is 2.79. The number of methoxy groups -OCH3 is 1. The van der Waals surface area contributed by atoms with Crippen LogP contribution < -0.4 is 10.6 Å². The minimum Gasteiger partial charge on any atom is -0.465 e. The second-order valence-electron chi connectivity index (χ2n) is 4.76. The fraction of sp³-hybridized carbons (Fsp3) is 0.429. The molecule has 0 saturated carbocycles. The third kappa shape index (κ3) is 3.33. The second kappa shape index (κ2) is 6.69. The normalized spacial score (nSPS) is 10.5. The van der Waals surface area contributed by atoms with Crippen molar-refractivity contribution in [2.75, 3.05) is 25.5 Å². The Kier molecular flexibility index (Phi) is 4.92. The lowest BCUT2D eigenvalue weighted by Crippen LogP contribution is -2.26. The molecule has 0 atom stereocenters. The summed E-state index contributed by atoms with van der Waals surface area (Å²) in [6.07, 6.45) is 0. The monoisotopic (exact) mass is 322 g/mol. The van der Waals surface area contributed by atoms with Crippen LogP contribution in [0.15, 0.2) is 0 Å². The quantitative estimate of drug-likeness (QED) is 0.642. The first-order chi connectivity index (χ1) is 10.4. The summed E-state index contributed by atoms with van der Waals surface area (Å²) >= 11 is 1.29. The van der Waals surface area contributed by atoms with Gasteiger partial charge in [0, 0.05) is 20.0 Å². The molecule has 0 aliphatic carbocycles. The summed E-state index contributed by atoms with van der Waals surface area (Å²) in [5, 5.41) is 6.71. The van der Waals surface area contributed by atoms with Gasteiger partial charge in [-0.1, -0.05) is 0 Å². The number of ether oxygens (including phenoxy) is 1. The number of amides is 1. The number of rotatable bonds is 5. The fourth-order valence-corrected chi connectivity index (χ4v) is 3.23. The molecular weight excluding hydrogens is 304 g/mol. The maximum absolute atomic E-state index is 11.8. The van der Waals surface area contributed by atoms with E-state index in [0.717, 1.165) is 15.8 Å². The zero-order valence-corrected chi connectivity index (χ0v) is 13.8. The Morgan fingerprint density at radius 3 is 2.59 bits per heavy atom. The number of hydrogen-bond donors (Lipinski definition) is 2. The van der Waals surface area contributed by atoms with Gasteiger partial charge in [0.2, 0.25) is 5.91 Å². The smallest absolute Gasteiger partial charge is 0.348 e. The summed E-state index contributed by atoms with van der Waals surface area (Å²) in [4.78, 5) is 32.7. The molecule has 0 spiro atoms. The van der Waals surface area contributed by atoms with Crippen molar-refractivity contribution in [2.45, 2.75) is 20.8 Å². The number of esters is 1. The van der Waals surface area contributed by atoms with Crippen LogP contribution >= 0.6 is 11.3 Å². The van der Waals surface area contributed by atoms with E-state index in [-0.39, 0.29) is 11.9 Å². The van der Waals surface area contributed by atoms with E-state index in [9.17, 15) is 9.59 Å². The van der Waals surface area contributed by atoms with Crippen LogP contribution in [-0.4, -0.2) is 42.0 Å². The van der Waals surface area contributed by atoms with Crippen LogP contribution in [0.25, 0.3) is 10.2 Å². The lowest BCUT2D eigenvalue weighted by atomic mass is 10.2. The molecule has 0 radical (unpaired) electrons. The van der Waals surface area contributed by atoms with Crippen molar-refractivity contribution in [3.63, 3.8) is 0 Å². The Morgan fingerprint density at radius 2 is 1.95 bits per heavy atom. The molecule has 0 bridgehead atoms. The first-order valence-corrected chi connectivity index (χ1v) is 7.60. The summed E-state index contributed by atoms with van der Waals surface area (Å²) in [5.74, 6) is 0.830. The number of thiophene rings is 1. The fourth-order valence-electron chi connectivity index (χ4n) is 2.08.